The van der Waals surface area contributed by atoms with Crippen molar-refractivity contribution < 1.29 is 13.9 Å². The number of halogens is 2. The van der Waals surface area contributed by atoms with Crippen LogP contribution in [-0.4, -0.2) is 5.97 Å². The van der Waals surface area contributed by atoms with E-state index < -0.39 is 11.8 Å². The number of rotatable bonds is 3. The van der Waals surface area contributed by atoms with Gasteiger partial charge in [-0.2, -0.15) is 5.26 Å². The maximum absolute atomic E-state index is 13.6. The number of nitriles is 1. The molecule has 0 saturated carbocycles. The quantitative estimate of drug-likeness (QED) is 0.697. The summed E-state index contributed by atoms with van der Waals surface area (Å²) in [6, 6.07) is 10.1. The molecule has 0 heterocycles. The van der Waals surface area contributed by atoms with Crippen LogP contribution in [0.15, 0.2) is 36.4 Å². The van der Waals surface area contributed by atoms with Gasteiger partial charge in [-0.15, -0.1) is 0 Å². The minimum atomic E-state index is -0.714. The minimum Gasteiger partial charge on any atom is -0.457 e. The molecule has 2 N–H and O–H groups in total. The third kappa shape index (κ3) is 3.50. The number of carbonyl (C=O) groups excluding carboxylic acids is 1. The normalized spacial score (nSPS) is 9.95. The predicted octanol–water partition coefficient (Wildman–Crippen LogP) is 3.29. The summed E-state index contributed by atoms with van der Waals surface area (Å²) >= 11 is 5.88. The third-order valence-corrected chi connectivity index (χ3v) is 3.07. The average molecular weight is 305 g/mol. The zero-order valence-corrected chi connectivity index (χ0v) is 11.5. The number of nitrogens with zero attached hydrogens (tertiary/aromatic N) is 1. The minimum absolute atomic E-state index is 0.105. The highest BCUT2D eigenvalue weighted by Gasteiger charge is 2.14. The lowest BCUT2D eigenvalue weighted by atomic mass is 10.1. The second-order valence-corrected chi connectivity index (χ2v) is 4.64. The lowest BCUT2D eigenvalue weighted by Gasteiger charge is -2.08. The van der Waals surface area contributed by atoms with Crippen molar-refractivity contribution in [3.63, 3.8) is 0 Å². The second-order valence-electron chi connectivity index (χ2n) is 4.23. The Morgan fingerprint density at radius 2 is 2.10 bits per heavy atom. The number of carbonyl (C=O) groups is 1. The van der Waals surface area contributed by atoms with Gasteiger partial charge in [0.05, 0.1) is 22.2 Å². The van der Waals surface area contributed by atoms with E-state index in [4.69, 9.17) is 27.3 Å². The molecule has 0 aromatic heterocycles. The molecule has 106 valence electrons. The number of ether oxygens (including phenoxy) is 1. The first-order valence-electron chi connectivity index (χ1n) is 5.92. The van der Waals surface area contributed by atoms with E-state index >= 15 is 0 Å². The number of benzene rings is 2. The predicted molar refractivity (Wildman–Crippen MR) is 76.1 cm³/mol. The standard InChI is InChI=1S/C15H10ClFN2O2/c16-13-3-2-11(19)6-12(13)15(20)21-8-10-5-9(7-18)1-4-14(10)17/h1-6H,8,19H2. The molecule has 21 heavy (non-hydrogen) atoms. The fourth-order valence-electron chi connectivity index (χ4n) is 1.68. The third-order valence-electron chi connectivity index (χ3n) is 2.74. The second kappa shape index (κ2) is 6.25. The smallest absolute Gasteiger partial charge is 0.340 e. The van der Waals surface area contributed by atoms with Crippen molar-refractivity contribution in [3.8, 4) is 6.07 Å². The molecule has 0 radical (unpaired) electrons. The summed E-state index contributed by atoms with van der Waals surface area (Å²) in [4.78, 5) is 11.9. The highest BCUT2D eigenvalue weighted by Crippen LogP contribution is 2.20. The van der Waals surface area contributed by atoms with Crippen LogP contribution < -0.4 is 5.73 Å². The van der Waals surface area contributed by atoms with Gasteiger partial charge in [0, 0.05) is 11.3 Å². The van der Waals surface area contributed by atoms with Crippen molar-refractivity contribution in [2.75, 3.05) is 5.73 Å². The molecule has 0 aliphatic heterocycles. The van der Waals surface area contributed by atoms with Crippen LogP contribution in [0.5, 0.6) is 0 Å². The maximum atomic E-state index is 13.6. The van der Waals surface area contributed by atoms with Gasteiger partial charge >= 0.3 is 5.97 Å². The van der Waals surface area contributed by atoms with Gasteiger partial charge in [-0.25, -0.2) is 9.18 Å². The number of hydrogen-bond donors (Lipinski definition) is 1. The van der Waals surface area contributed by atoms with Gasteiger partial charge < -0.3 is 10.5 Å². The highest BCUT2D eigenvalue weighted by molar-refractivity contribution is 6.33. The van der Waals surface area contributed by atoms with Crippen LogP contribution in [0.25, 0.3) is 0 Å². The van der Waals surface area contributed by atoms with E-state index in [2.05, 4.69) is 0 Å². The molecule has 2 rings (SSSR count). The van der Waals surface area contributed by atoms with Crippen molar-refractivity contribution in [2.24, 2.45) is 0 Å². The number of anilines is 1. The Balaban J connectivity index is 2.15. The SMILES string of the molecule is N#Cc1ccc(F)c(COC(=O)c2cc(N)ccc2Cl)c1. The van der Waals surface area contributed by atoms with Crippen LogP contribution in [0.3, 0.4) is 0 Å². The van der Waals surface area contributed by atoms with Gasteiger partial charge in [0.1, 0.15) is 12.4 Å². The Kier molecular flexibility index (Phi) is 4.41. The first kappa shape index (κ1) is 14.8. The Labute approximate surface area is 125 Å². The van der Waals surface area contributed by atoms with E-state index in [1.165, 1.54) is 24.3 Å². The number of esters is 1. The molecule has 0 spiro atoms. The van der Waals surface area contributed by atoms with Crippen molar-refractivity contribution in [1.29, 1.82) is 5.26 Å². The molecule has 0 amide bonds. The van der Waals surface area contributed by atoms with Crippen LogP contribution in [-0.2, 0) is 11.3 Å². The molecule has 2 aromatic carbocycles. The molecule has 0 aliphatic rings. The van der Waals surface area contributed by atoms with Crippen LogP contribution in [0.2, 0.25) is 5.02 Å². The van der Waals surface area contributed by atoms with Gasteiger partial charge in [0.15, 0.2) is 0 Å². The monoisotopic (exact) mass is 304 g/mol. The molecule has 0 aliphatic carbocycles. The molecule has 0 atom stereocenters. The van der Waals surface area contributed by atoms with Crippen LogP contribution in [0, 0.1) is 17.1 Å². The fraction of sp³-hybridized carbons (Fsp3) is 0.0667. The highest BCUT2D eigenvalue weighted by atomic mass is 35.5. The van der Waals surface area contributed by atoms with Crippen molar-refractivity contribution in [3.05, 3.63) is 63.9 Å². The number of hydrogen-bond acceptors (Lipinski definition) is 4. The number of nitrogens with two attached hydrogens (primary N) is 1. The molecule has 0 unspecified atom stereocenters. The van der Waals surface area contributed by atoms with Crippen LogP contribution >= 0.6 is 11.6 Å². The van der Waals surface area contributed by atoms with Gasteiger partial charge in [0.2, 0.25) is 0 Å². The van der Waals surface area contributed by atoms with Crippen molar-refractivity contribution in [2.45, 2.75) is 6.61 Å². The van der Waals surface area contributed by atoms with Crippen molar-refractivity contribution in [1.82, 2.24) is 0 Å². The van der Waals surface area contributed by atoms with E-state index in [-0.39, 0.29) is 28.3 Å². The van der Waals surface area contributed by atoms with E-state index in [9.17, 15) is 9.18 Å². The average Bonchev–Trinajstić information content (AvgIpc) is 2.48. The zero-order chi connectivity index (χ0) is 15.4. The van der Waals surface area contributed by atoms with Gasteiger partial charge in [-0.3, -0.25) is 0 Å². The Bertz CT molecular complexity index is 741. The maximum Gasteiger partial charge on any atom is 0.340 e. The van der Waals surface area contributed by atoms with E-state index in [0.717, 1.165) is 6.07 Å². The van der Waals surface area contributed by atoms with Crippen molar-refractivity contribution >= 4 is 23.3 Å². The summed E-state index contributed by atoms with van der Waals surface area (Å²) in [6.45, 7) is -0.300. The number of nitrogen functional groups attached to an aromatic ring is 1. The summed E-state index contributed by atoms with van der Waals surface area (Å²) in [5.41, 5.74) is 6.44. The molecule has 4 nitrogen and oxygen atoms in total. The fourth-order valence-corrected chi connectivity index (χ4v) is 1.87. The first-order valence-corrected chi connectivity index (χ1v) is 6.29. The largest absolute Gasteiger partial charge is 0.457 e. The Morgan fingerprint density at radius 1 is 1.33 bits per heavy atom. The zero-order valence-electron chi connectivity index (χ0n) is 10.8. The molecule has 0 fully saturated rings. The topological polar surface area (TPSA) is 76.1 Å². The first-order chi connectivity index (χ1) is 10.0. The summed E-state index contributed by atoms with van der Waals surface area (Å²) in [7, 11) is 0. The lowest BCUT2D eigenvalue weighted by Crippen LogP contribution is -2.07. The molecule has 0 bridgehead atoms. The van der Waals surface area contributed by atoms with Crippen LogP contribution in [0.4, 0.5) is 10.1 Å². The van der Waals surface area contributed by atoms with Gasteiger partial charge in [-0.1, -0.05) is 11.6 Å². The van der Waals surface area contributed by atoms with E-state index in [1.807, 2.05) is 6.07 Å². The molecule has 0 saturated heterocycles. The van der Waals surface area contributed by atoms with Crippen LogP contribution in [0.1, 0.15) is 21.5 Å². The Morgan fingerprint density at radius 3 is 2.81 bits per heavy atom. The Hall–Kier alpha value is -2.58. The summed E-state index contributed by atoms with van der Waals surface area (Å²) in [6.07, 6.45) is 0. The van der Waals surface area contributed by atoms with E-state index in [1.54, 1.807) is 6.07 Å². The molecular weight excluding hydrogens is 295 g/mol. The van der Waals surface area contributed by atoms with Gasteiger partial charge in [0.25, 0.3) is 0 Å². The van der Waals surface area contributed by atoms with Gasteiger partial charge in [-0.05, 0) is 36.4 Å². The summed E-state index contributed by atoms with van der Waals surface area (Å²) in [5.74, 6) is -1.27. The molecule has 6 heteroatoms. The lowest BCUT2D eigenvalue weighted by molar-refractivity contribution is 0.0469. The summed E-state index contributed by atoms with van der Waals surface area (Å²) in [5, 5.41) is 8.96. The molecule has 2 aromatic rings. The summed E-state index contributed by atoms with van der Waals surface area (Å²) < 4.78 is 18.6. The van der Waals surface area contributed by atoms with E-state index in [0.29, 0.717) is 5.69 Å². The molecular formula is C15H10ClFN2O2.